The van der Waals surface area contributed by atoms with E-state index >= 15 is 0 Å². The number of thiophene rings is 3. The number of H-pyrrole nitrogens is 1. The summed E-state index contributed by atoms with van der Waals surface area (Å²) in [4.78, 5) is 37.8. The molecule has 18 rings (SSSR count). The number of ether oxygens (including phenoxy) is 4. The Morgan fingerprint density at radius 1 is 0.377 bits per heavy atom. The number of pyridine rings is 8. The van der Waals surface area contributed by atoms with Gasteiger partial charge in [-0.05, 0) is 219 Å². The van der Waals surface area contributed by atoms with Gasteiger partial charge in [0.05, 0.1) is 58.6 Å². The van der Waals surface area contributed by atoms with Gasteiger partial charge in [0.15, 0.2) is 16.9 Å². The molecule has 0 spiro atoms. The normalized spacial score (nSPS) is 11.2. The van der Waals surface area contributed by atoms with E-state index in [-0.39, 0.29) is 31.7 Å². The lowest BCUT2D eigenvalue weighted by molar-refractivity contribution is 0.391. The molecule has 122 heavy (non-hydrogen) atoms. The van der Waals surface area contributed by atoms with E-state index in [1.165, 1.54) is 69.9 Å². The fraction of sp³-hybridized carbons (Fsp3) is 0.0824. The summed E-state index contributed by atoms with van der Waals surface area (Å²) in [5.74, 6) is 1.64. The zero-order chi connectivity index (χ0) is 86.6. The van der Waals surface area contributed by atoms with Crippen LogP contribution in [-0.2, 0) is 30.1 Å². The number of methoxy groups -OCH3 is 4. The lowest BCUT2D eigenvalue weighted by Gasteiger charge is -2.08. The van der Waals surface area contributed by atoms with Crippen LogP contribution in [0.2, 0.25) is 10.0 Å². The van der Waals surface area contributed by atoms with Crippen LogP contribution in [0.3, 0.4) is 0 Å². The quantitative estimate of drug-likeness (QED) is 0.0417. The minimum atomic E-state index is -3.88. The molecule has 15 heterocycles. The first-order valence-corrected chi connectivity index (χ1v) is 45.4. The Morgan fingerprint density at radius 2 is 0.754 bits per heavy atom. The average molecular weight is 1900 g/mol. The molecule has 0 saturated heterocycles. The topological polar surface area (TPSA) is 354 Å². The van der Waals surface area contributed by atoms with Crippen molar-refractivity contribution in [3.05, 3.63) is 301 Å². The highest BCUT2D eigenvalue weighted by Gasteiger charge is 2.30. The number of nitrogens with zero attached hydrogens (tertiary/aromatic N) is 11. The maximum Gasteiger partial charge on any atom is 0.493 e. The molecule has 3 aromatic carbocycles. The summed E-state index contributed by atoms with van der Waals surface area (Å²) in [6, 6.07) is 47.5. The third kappa shape index (κ3) is 19.0. The average Bonchev–Trinajstić information content (AvgIpc) is 1.57. The van der Waals surface area contributed by atoms with Gasteiger partial charge in [0.1, 0.15) is 5.65 Å². The van der Waals surface area contributed by atoms with E-state index in [4.69, 9.17) is 62.2 Å². The largest absolute Gasteiger partial charge is 0.493 e. The summed E-state index contributed by atoms with van der Waals surface area (Å²) in [6.07, 6.45) is 19.6. The highest BCUT2D eigenvalue weighted by molar-refractivity contribution is 14.1. The Kier molecular flexibility index (Phi) is 28.3. The molecule has 0 unspecified atom stereocenters. The second kappa shape index (κ2) is 39.1. The van der Waals surface area contributed by atoms with Crippen molar-refractivity contribution < 1.29 is 64.3 Å². The molecule has 0 aliphatic heterocycles. The molecule has 5 N–H and O–H groups in total. The summed E-state index contributed by atoms with van der Waals surface area (Å²) in [6.45, 7) is 5.73. The molecule has 0 radical (unpaired) electrons. The van der Waals surface area contributed by atoms with Crippen molar-refractivity contribution in [3.63, 3.8) is 0 Å². The van der Waals surface area contributed by atoms with Crippen LogP contribution in [0.5, 0.6) is 23.5 Å². The van der Waals surface area contributed by atoms with Gasteiger partial charge in [-0.1, -0.05) is 88.4 Å². The molecular formula is C85H71B2Cl2IN12O14S6. The number of rotatable bonds is 17. The summed E-state index contributed by atoms with van der Waals surface area (Å²) in [7, 11) is -8.15. The molecule has 0 amide bonds. The fourth-order valence-corrected chi connectivity index (χ4v) is 20.3. The zero-order valence-corrected chi connectivity index (χ0v) is 74.1. The van der Waals surface area contributed by atoms with Crippen molar-refractivity contribution in [2.24, 2.45) is 0 Å². The van der Waals surface area contributed by atoms with E-state index in [2.05, 4.69) is 84.3 Å². The Labute approximate surface area is 737 Å². The third-order valence-electron chi connectivity index (χ3n) is 18.7. The second-order valence-electron chi connectivity index (χ2n) is 26.3. The number of aromatic nitrogens is 12. The van der Waals surface area contributed by atoms with E-state index in [1.54, 1.807) is 200 Å². The third-order valence-corrected chi connectivity index (χ3v) is 27.2. The second-order valence-corrected chi connectivity index (χ2v) is 36.1. The first-order valence-electron chi connectivity index (χ1n) is 36.4. The lowest BCUT2D eigenvalue weighted by atomic mass is 9.81. The predicted molar refractivity (Wildman–Crippen MR) is 490 cm³/mol. The molecule has 0 fully saturated rings. The van der Waals surface area contributed by atoms with E-state index in [1.807, 2.05) is 80.3 Å². The van der Waals surface area contributed by atoms with Gasteiger partial charge in [-0.25, -0.2) is 77.0 Å². The van der Waals surface area contributed by atoms with E-state index in [0.717, 1.165) is 68.5 Å². The van der Waals surface area contributed by atoms with Crippen LogP contribution in [0.1, 0.15) is 16.7 Å². The highest BCUT2D eigenvalue weighted by atomic mass is 127. The monoisotopic (exact) mass is 1890 g/mol. The van der Waals surface area contributed by atoms with Crippen LogP contribution >= 0.6 is 79.8 Å². The molecule has 0 saturated carbocycles. The van der Waals surface area contributed by atoms with Gasteiger partial charge in [-0.3, -0.25) is 0 Å². The van der Waals surface area contributed by atoms with E-state index in [9.17, 15) is 25.3 Å². The number of aromatic amines is 1. The van der Waals surface area contributed by atoms with Crippen molar-refractivity contribution in [3.8, 4) is 79.2 Å². The fourth-order valence-electron chi connectivity index (χ4n) is 12.7. The van der Waals surface area contributed by atoms with Crippen LogP contribution in [0, 0.1) is 24.3 Å². The van der Waals surface area contributed by atoms with E-state index in [0.29, 0.717) is 77.5 Å². The molecule has 37 heteroatoms. The Balaban J connectivity index is 0.000000132. The molecule has 618 valence electrons. The molecular weight excluding hydrogens is 1820 g/mol. The van der Waals surface area contributed by atoms with Crippen LogP contribution < -0.4 is 29.9 Å². The van der Waals surface area contributed by atoms with Crippen LogP contribution in [0.15, 0.2) is 285 Å². The molecule has 26 nitrogen and oxygen atoms in total. The predicted octanol–water partition coefficient (Wildman–Crippen LogP) is 16.1. The van der Waals surface area contributed by atoms with Crippen molar-refractivity contribution >= 4 is 179 Å². The number of benzene rings is 3. The molecule has 0 aliphatic rings. The number of halogens is 3. The van der Waals surface area contributed by atoms with Gasteiger partial charge in [0.2, 0.25) is 23.5 Å². The minimum Gasteiger partial charge on any atom is -0.481 e. The smallest absolute Gasteiger partial charge is 0.481 e. The van der Waals surface area contributed by atoms with Crippen molar-refractivity contribution in [2.75, 3.05) is 28.4 Å². The number of hydrogen-bond acceptors (Lipinski definition) is 25. The zero-order valence-electron chi connectivity index (χ0n) is 65.5. The van der Waals surface area contributed by atoms with Crippen LogP contribution in [0.4, 0.5) is 0 Å². The summed E-state index contributed by atoms with van der Waals surface area (Å²) in [5.41, 5.74) is 14.5. The first-order chi connectivity index (χ1) is 58.8. The van der Waals surface area contributed by atoms with Gasteiger partial charge in [0, 0.05) is 133 Å². The molecule has 0 atom stereocenters. The number of hydrogen-bond donors (Lipinski definition) is 5. The Hall–Kier alpha value is -11.6. The van der Waals surface area contributed by atoms with Gasteiger partial charge in [0.25, 0.3) is 30.1 Å². The lowest BCUT2D eigenvalue weighted by Crippen LogP contribution is -2.31. The molecule has 15 aromatic heterocycles. The van der Waals surface area contributed by atoms with Crippen molar-refractivity contribution in [1.29, 1.82) is 0 Å². The molecule has 0 bridgehead atoms. The maximum atomic E-state index is 13.6. The Bertz CT molecular complexity index is 7060. The SMILES string of the molecule is COc1ncccc1-c1c[nH]c2nccc(-c3ccsc3)c12.COc1ncccc1-c1cn(S(=O)(=O)c2ccc(C)cc2)c2nccc(-c3ccsc3)c12.COc1ncccc1-c1cn(S(=O)(=O)c2ccc(C)cc2)c2nccc(Cl)c12.COc1ncccc1B(O)O.Cc1ccc(S(=O)(=O)n2cc(I)c3c(Cl)ccnc32)cc1.OB(O)c1ccsc1. The number of aryl methyl sites for hydroxylation is 3. The standard InChI is InChI=1S/C24H19N3O3S2.C20H16ClN3O3S.C17H13N3OS.C14H10ClIN2O2S.C6H8BNO3.C4H5BO2S/c1-16-5-7-18(8-6-16)32(28,29)27-14-21(20-4-3-11-26-24(20)30-2)22-19(9-12-25-23(22)27)17-10-13-31-15-17;1-13-5-7-14(8-6-13)28(25,26)24-12-16(15-4-3-10-23-20(15)27-2)18-17(21)9-11-22-19(18)24;1-21-17-13(3-2-6-19-17)14-9-20-16-15(14)12(4-7-18-16)11-5-8-22-10-11;1-9-2-4-10(5-3-9)21(19,20)18-8-12(16)13-11(15)6-7-17-14(13)18;1-11-6-5(7(9)10)3-2-4-8-6;6-5(7)4-1-2-8-3-4/h3-15H,1-2H3;3-12H,1-2H3;2-10H,1H3,(H,18,20);2-8H,1H3;2-4,9-10H,1H3;1-3,6-7H. The van der Waals surface area contributed by atoms with Gasteiger partial charge in [-0.2, -0.15) is 34.0 Å². The minimum absolute atomic E-state index is 0.168. The summed E-state index contributed by atoms with van der Waals surface area (Å²) >= 11 is 19.3. The van der Waals surface area contributed by atoms with Crippen LogP contribution in [0.25, 0.3) is 99.8 Å². The number of nitrogens with one attached hydrogen (secondary N) is 1. The first kappa shape index (κ1) is 88.2. The summed E-state index contributed by atoms with van der Waals surface area (Å²) < 4.78 is 105. The summed E-state index contributed by atoms with van der Waals surface area (Å²) in [5, 5.41) is 50.1. The van der Waals surface area contributed by atoms with Crippen molar-refractivity contribution in [1.82, 2.24) is 56.8 Å². The molecule has 18 aromatic rings. The van der Waals surface area contributed by atoms with Crippen LogP contribution in [-0.4, -0.2) is 145 Å². The highest BCUT2D eigenvalue weighted by Crippen LogP contribution is 2.44. The Morgan fingerprint density at radius 3 is 1.16 bits per heavy atom. The van der Waals surface area contributed by atoms with E-state index < -0.39 is 44.3 Å². The van der Waals surface area contributed by atoms with Gasteiger partial charge < -0.3 is 44.0 Å². The maximum absolute atomic E-state index is 13.6. The van der Waals surface area contributed by atoms with Crippen molar-refractivity contribution in [2.45, 2.75) is 35.5 Å². The molecule has 0 aliphatic carbocycles. The van der Waals surface area contributed by atoms with Gasteiger partial charge in [-0.15, -0.1) is 0 Å². The number of fused-ring (bicyclic) bond motifs is 4. The van der Waals surface area contributed by atoms with Gasteiger partial charge >= 0.3 is 14.2 Å².